The third-order valence-electron chi connectivity index (χ3n) is 4.79. The zero-order valence-corrected chi connectivity index (χ0v) is 15.5. The Hall–Kier alpha value is -2.51. The van der Waals surface area contributed by atoms with Gasteiger partial charge in [-0.15, -0.1) is 10.2 Å². The zero-order valence-electron chi connectivity index (χ0n) is 13.9. The number of aromatic amines is 1. The average Bonchev–Trinajstić information content (AvgIpc) is 3.40. The third kappa shape index (κ3) is 2.64. The first-order chi connectivity index (χ1) is 12.8. The zero-order chi connectivity index (χ0) is 17.5. The van der Waals surface area contributed by atoms with E-state index in [1.54, 1.807) is 11.3 Å². The number of hydrogen-bond acceptors (Lipinski definition) is 5. The predicted molar refractivity (Wildman–Crippen MR) is 106 cm³/mol. The molecule has 0 atom stereocenters. The van der Waals surface area contributed by atoms with E-state index in [-0.39, 0.29) is 5.91 Å². The lowest BCUT2D eigenvalue weighted by Gasteiger charge is -2.10. The lowest BCUT2D eigenvalue weighted by Crippen LogP contribution is -2.12. The van der Waals surface area contributed by atoms with Gasteiger partial charge in [0.25, 0.3) is 5.91 Å². The molecule has 0 saturated heterocycles. The first kappa shape index (κ1) is 15.7. The van der Waals surface area contributed by atoms with Crippen LogP contribution in [0.15, 0.2) is 35.0 Å². The van der Waals surface area contributed by atoms with Crippen LogP contribution in [0.2, 0.25) is 0 Å². The summed E-state index contributed by atoms with van der Waals surface area (Å²) in [7, 11) is 0. The van der Waals surface area contributed by atoms with Gasteiger partial charge in [-0.1, -0.05) is 23.5 Å². The number of amides is 1. The van der Waals surface area contributed by atoms with Crippen molar-refractivity contribution in [1.82, 2.24) is 15.2 Å². The molecule has 3 heterocycles. The first-order valence-corrected chi connectivity index (χ1v) is 10.4. The molecule has 26 heavy (non-hydrogen) atoms. The molecule has 5 rings (SSSR count). The van der Waals surface area contributed by atoms with Crippen LogP contribution in [0.1, 0.15) is 34.5 Å². The number of nitrogens with zero attached hydrogens (tertiary/aromatic N) is 2. The number of thiophene rings is 1. The SMILES string of the molecule is O=C(Nc1nnc(-c2ccsc2)s1)c1cccc2c3c([nH]c12)CCCC3. The molecule has 1 amide bonds. The van der Waals surface area contributed by atoms with Crippen molar-refractivity contribution in [3.8, 4) is 10.6 Å². The summed E-state index contributed by atoms with van der Waals surface area (Å²) in [5.41, 5.74) is 5.27. The second kappa shape index (κ2) is 6.34. The molecule has 1 aromatic carbocycles. The summed E-state index contributed by atoms with van der Waals surface area (Å²) in [6, 6.07) is 7.92. The molecular formula is C19H16N4OS2. The number of anilines is 1. The molecule has 0 aliphatic heterocycles. The normalized spacial score (nSPS) is 13.7. The van der Waals surface area contributed by atoms with E-state index in [9.17, 15) is 4.79 Å². The second-order valence-corrected chi connectivity index (χ2v) is 8.15. The molecule has 0 fully saturated rings. The lowest BCUT2D eigenvalue weighted by atomic mass is 9.95. The van der Waals surface area contributed by atoms with Crippen molar-refractivity contribution in [2.45, 2.75) is 25.7 Å². The molecule has 0 radical (unpaired) electrons. The van der Waals surface area contributed by atoms with Crippen molar-refractivity contribution in [3.63, 3.8) is 0 Å². The number of fused-ring (bicyclic) bond motifs is 3. The Bertz CT molecular complexity index is 1090. The third-order valence-corrected chi connectivity index (χ3v) is 6.36. The number of nitrogens with one attached hydrogen (secondary N) is 2. The van der Waals surface area contributed by atoms with Crippen LogP contribution >= 0.6 is 22.7 Å². The first-order valence-electron chi connectivity index (χ1n) is 8.59. The number of H-pyrrole nitrogens is 1. The number of aryl methyl sites for hydroxylation is 2. The topological polar surface area (TPSA) is 70.7 Å². The fourth-order valence-electron chi connectivity index (χ4n) is 3.56. The molecular weight excluding hydrogens is 364 g/mol. The van der Waals surface area contributed by atoms with Crippen LogP contribution in [0, 0.1) is 0 Å². The van der Waals surface area contributed by atoms with Crippen LogP contribution in [-0.4, -0.2) is 21.1 Å². The maximum Gasteiger partial charge on any atom is 0.259 e. The highest BCUT2D eigenvalue weighted by Crippen LogP contribution is 2.32. The number of rotatable bonds is 3. The molecule has 7 heteroatoms. The molecule has 2 N–H and O–H groups in total. The van der Waals surface area contributed by atoms with Crippen LogP contribution in [0.5, 0.6) is 0 Å². The van der Waals surface area contributed by atoms with Crippen molar-refractivity contribution in [2.75, 3.05) is 5.32 Å². The Kier molecular flexibility index (Phi) is 3.83. The van der Waals surface area contributed by atoms with E-state index in [2.05, 4.69) is 26.6 Å². The van der Waals surface area contributed by atoms with Gasteiger partial charge in [-0.3, -0.25) is 10.1 Å². The van der Waals surface area contributed by atoms with Crippen LogP contribution in [-0.2, 0) is 12.8 Å². The molecule has 1 aliphatic rings. The minimum Gasteiger partial charge on any atom is -0.358 e. The van der Waals surface area contributed by atoms with Gasteiger partial charge < -0.3 is 4.98 Å². The van der Waals surface area contributed by atoms with E-state index in [0.29, 0.717) is 10.7 Å². The number of hydrogen-bond donors (Lipinski definition) is 2. The fourth-order valence-corrected chi connectivity index (χ4v) is 5.01. The maximum atomic E-state index is 12.8. The van der Waals surface area contributed by atoms with Crippen molar-refractivity contribution in [2.24, 2.45) is 0 Å². The second-order valence-electron chi connectivity index (χ2n) is 6.40. The van der Waals surface area contributed by atoms with Crippen molar-refractivity contribution < 1.29 is 4.79 Å². The summed E-state index contributed by atoms with van der Waals surface area (Å²) in [5, 5.41) is 17.7. The standard InChI is InChI=1S/C19H16N4OS2/c24-17(21-19-23-22-18(26-19)11-8-9-25-10-11)14-6-3-5-13-12-4-1-2-7-15(12)20-16(13)14/h3,5-6,8-10,20H,1-2,4,7H2,(H,21,23,24). The Morgan fingerprint density at radius 3 is 2.96 bits per heavy atom. The van der Waals surface area contributed by atoms with Gasteiger partial charge in [0.1, 0.15) is 5.01 Å². The molecule has 4 aromatic rings. The number of carbonyl (C=O) groups excluding carboxylic acids is 1. The van der Waals surface area contributed by atoms with E-state index in [1.807, 2.05) is 29.0 Å². The molecule has 0 bridgehead atoms. The fraction of sp³-hybridized carbons (Fsp3) is 0.211. The van der Waals surface area contributed by atoms with Crippen LogP contribution in [0.3, 0.4) is 0 Å². The van der Waals surface area contributed by atoms with Gasteiger partial charge in [0.05, 0.1) is 11.1 Å². The average molecular weight is 380 g/mol. The monoisotopic (exact) mass is 380 g/mol. The molecule has 0 saturated carbocycles. The molecule has 130 valence electrons. The van der Waals surface area contributed by atoms with Gasteiger partial charge in [-0.2, -0.15) is 11.3 Å². The van der Waals surface area contributed by atoms with Crippen molar-refractivity contribution >= 4 is 44.6 Å². The van der Waals surface area contributed by atoms with Crippen molar-refractivity contribution in [3.05, 3.63) is 51.8 Å². The summed E-state index contributed by atoms with van der Waals surface area (Å²) < 4.78 is 0. The van der Waals surface area contributed by atoms with Gasteiger partial charge in [0.15, 0.2) is 0 Å². The molecule has 0 spiro atoms. The lowest BCUT2D eigenvalue weighted by molar-refractivity contribution is 0.102. The minimum atomic E-state index is -0.151. The Morgan fingerprint density at radius 2 is 2.08 bits per heavy atom. The Balaban J connectivity index is 1.46. The smallest absolute Gasteiger partial charge is 0.259 e. The predicted octanol–water partition coefficient (Wildman–Crippen LogP) is 4.88. The van der Waals surface area contributed by atoms with Gasteiger partial charge in [-0.25, -0.2) is 0 Å². The van der Waals surface area contributed by atoms with Gasteiger partial charge in [0.2, 0.25) is 5.13 Å². The van der Waals surface area contributed by atoms with Crippen LogP contribution in [0.4, 0.5) is 5.13 Å². The molecule has 3 aromatic heterocycles. The van der Waals surface area contributed by atoms with Crippen LogP contribution < -0.4 is 5.32 Å². The highest BCUT2D eigenvalue weighted by molar-refractivity contribution is 7.19. The van der Waals surface area contributed by atoms with Gasteiger partial charge >= 0.3 is 0 Å². The quantitative estimate of drug-likeness (QED) is 0.532. The largest absolute Gasteiger partial charge is 0.358 e. The number of carbonyl (C=O) groups is 1. The van der Waals surface area contributed by atoms with Gasteiger partial charge in [0, 0.05) is 22.0 Å². The van der Waals surface area contributed by atoms with E-state index < -0.39 is 0 Å². The van der Waals surface area contributed by atoms with E-state index in [0.717, 1.165) is 28.9 Å². The number of para-hydroxylation sites is 1. The molecule has 0 unspecified atom stereocenters. The summed E-state index contributed by atoms with van der Waals surface area (Å²) in [5.74, 6) is -0.151. The maximum absolute atomic E-state index is 12.8. The van der Waals surface area contributed by atoms with E-state index in [4.69, 9.17) is 0 Å². The summed E-state index contributed by atoms with van der Waals surface area (Å²) in [6.07, 6.45) is 4.57. The Morgan fingerprint density at radius 1 is 1.15 bits per heavy atom. The summed E-state index contributed by atoms with van der Waals surface area (Å²) >= 11 is 3.00. The van der Waals surface area contributed by atoms with E-state index in [1.165, 1.54) is 40.8 Å². The Labute approximate surface area is 158 Å². The highest BCUT2D eigenvalue weighted by atomic mass is 32.1. The highest BCUT2D eigenvalue weighted by Gasteiger charge is 2.20. The minimum absolute atomic E-state index is 0.151. The van der Waals surface area contributed by atoms with Crippen LogP contribution in [0.25, 0.3) is 21.5 Å². The van der Waals surface area contributed by atoms with Crippen molar-refractivity contribution in [1.29, 1.82) is 0 Å². The molecule has 1 aliphatic carbocycles. The van der Waals surface area contributed by atoms with E-state index >= 15 is 0 Å². The number of benzene rings is 1. The number of aromatic nitrogens is 3. The van der Waals surface area contributed by atoms with Gasteiger partial charge in [-0.05, 0) is 48.8 Å². The summed E-state index contributed by atoms with van der Waals surface area (Å²) in [6.45, 7) is 0. The molecule has 5 nitrogen and oxygen atoms in total. The summed E-state index contributed by atoms with van der Waals surface area (Å²) in [4.78, 5) is 16.3.